The van der Waals surface area contributed by atoms with Crippen LogP contribution >= 0.6 is 15.9 Å². The van der Waals surface area contributed by atoms with Gasteiger partial charge in [0.2, 0.25) is 5.91 Å². The van der Waals surface area contributed by atoms with E-state index in [0.29, 0.717) is 24.3 Å². The van der Waals surface area contributed by atoms with Gasteiger partial charge in [0.15, 0.2) is 4.67 Å². The molecule has 1 rings (SSSR count). The van der Waals surface area contributed by atoms with Gasteiger partial charge in [-0.15, -0.1) is 0 Å². The van der Waals surface area contributed by atoms with Crippen molar-refractivity contribution in [2.24, 2.45) is 0 Å². The first-order valence-corrected chi connectivity index (χ1v) is 7.52. The molecule has 112 valence electrons. The van der Waals surface area contributed by atoms with Gasteiger partial charge in [0.25, 0.3) is 0 Å². The molecule has 1 atom stereocenters. The van der Waals surface area contributed by atoms with Crippen molar-refractivity contribution in [1.29, 1.82) is 0 Å². The van der Waals surface area contributed by atoms with Crippen molar-refractivity contribution in [2.75, 3.05) is 20.1 Å². The lowest BCUT2D eigenvalue weighted by molar-refractivity contribution is -0.135. The highest BCUT2D eigenvalue weighted by molar-refractivity contribution is 9.10. The van der Waals surface area contributed by atoms with E-state index in [9.17, 15) is 4.79 Å². The summed E-state index contributed by atoms with van der Waals surface area (Å²) in [4.78, 5) is 16.3. The van der Waals surface area contributed by atoms with Crippen LogP contribution in [0.25, 0.3) is 0 Å². The van der Waals surface area contributed by atoms with Crippen LogP contribution < -0.4 is 0 Å². The van der Waals surface area contributed by atoms with Crippen LogP contribution in [0.3, 0.4) is 0 Å². The van der Waals surface area contributed by atoms with Gasteiger partial charge in [-0.3, -0.25) is 9.69 Å². The van der Waals surface area contributed by atoms with Crippen LogP contribution in [0.2, 0.25) is 0 Å². The highest BCUT2D eigenvalue weighted by Gasteiger charge is 2.23. The lowest BCUT2D eigenvalue weighted by Gasteiger charge is -2.29. The van der Waals surface area contributed by atoms with Crippen LogP contribution in [0.1, 0.15) is 26.5 Å². The molecule has 1 unspecified atom stereocenters. The fourth-order valence-corrected chi connectivity index (χ4v) is 2.28. The molecule has 0 aliphatic rings. The van der Waals surface area contributed by atoms with Gasteiger partial charge >= 0.3 is 0 Å². The largest absolute Gasteiger partial charge is 0.453 e. The Hall–Kier alpha value is -1.07. The number of halogens is 1. The molecule has 0 aliphatic heterocycles. The summed E-state index contributed by atoms with van der Waals surface area (Å²) in [6.45, 7) is 11.6. The third kappa shape index (κ3) is 4.80. The van der Waals surface area contributed by atoms with Crippen LogP contribution in [0.4, 0.5) is 0 Å². The fraction of sp³-hybridized carbons (Fsp3) is 0.533. The molecule has 1 amide bonds. The molecule has 0 saturated carbocycles. The van der Waals surface area contributed by atoms with Gasteiger partial charge in [-0.1, -0.05) is 12.2 Å². The van der Waals surface area contributed by atoms with E-state index < -0.39 is 0 Å². The van der Waals surface area contributed by atoms with E-state index in [0.717, 1.165) is 11.3 Å². The van der Waals surface area contributed by atoms with Crippen molar-refractivity contribution in [3.8, 4) is 0 Å². The minimum atomic E-state index is -0.196. The number of carbonyl (C=O) groups excluding carboxylic acids is 1. The molecular weight excluding hydrogens is 320 g/mol. The molecule has 0 fully saturated rings. The average Bonchev–Trinajstić information content (AvgIpc) is 2.79. The summed E-state index contributed by atoms with van der Waals surface area (Å²) in [7, 11) is 1.92. The van der Waals surface area contributed by atoms with E-state index in [2.05, 4.69) is 22.5 Å². The Labute approximate surface area is 129 Å². The monoisotopic (exact) mass is 342 g/mol. The molecule has 0 aromatic carbocycles. The maximum atomic E-state index is 12.4. The number of nitrogens with zero attached hydrogens (tertiary/aromatic N) is 2. The predicted octanol–water partition coefficient (Wildman–Crippen LogP) is 3.29. The molecule has 0 aliphatic carbocycles. The highest BCUT2D eigenvalue weighted by Crippen LogP contribution is 2.16. The smallest absolute Gasteiger partial charge is 0.239 e. The van der Waals surface area contributed by atoms with Gasteiger partial charge in [-0.25, -0.2) is 0 Å². The molecule has 1 heterocycles. The third-order valence-electron chi connectivity index (χ3n) is 3.21. The lowest BCUT2D eigenvalue weighted by atomic mass is 10.2. The Bertz CT molecular complexity index is 470. The van der Waals surface area contributed by atoms with Gasteiger partial charge in [0.1, 0.15) is 5.76 Å². The standard InChI is InChI=1S/C15H23BrN2O2/c1-6-18(9-11(2)3)15(19)12(4)17(5)10-13-7-8-14(16)20-13/h7-8,12H,2,6,9-10H2,1,3-5H3. The number of rotatable bonds is 7. The molecule has 5 heteroatoms. The summed E-state index contributed by atoms with van der Waals surface area (Å²) < 4.78 is 6.18. The zero-order chi connectivity index (χ0) is 15.3. The van der Waals surface area contributed by atoms with E-state index in [-0.39, 0.29) is 11.9 Å². The van der Waals surface area contributed by atoms with Crippen molar-refractivity contribution in [3.05, 3.63) is 34.7 Å². The van der Waals surface area contributed by atoms with E-state index in [4.69, 9.17) is 4.42 Å². The molecule has 1 aromatic rings. The number of hydrogen-bond acceptors (Lipinski definition) is 3. The first-order chi connectivity index (χ1) is 9.35. The molecule has 0 saturated heterocycles. The summed E-state index contributed by atoms with van der Waals surface area (Å²) in [5.74, 6) is 0.950. The minimum Gasteiger partial charge on any atom is -0.453 e. The SMILES string of the molecule is C=C(C)CN(CC)C(=O)C(C)N(C)Cc1ccc(Br)o1. The number of furan rings is 1. The van der Waals surface area contributed by atoms with Crippen LogP contribution in [0.15, 0.2) is 33.4 Å². The first kappa shape index (κ1) is 17.0. The van der Waals surface area contributed by atoms with Crippen molar-refractivity contribution in [1.82, 2.24) is 9.80 Å². The molecule has 20 heavy (non-hydrogen) atoms. The minimum absolute atomic E-state index is 0.114. The van der Waals surface area contributed by atoms with E-state index in [1.807, 2.05) is 49.8 Å². The zero-order valence-corrected chi connectivity index (χ0v) is 14.2. The normalized spacial score (nSPS) is 12.5. The van der Waals surface area contributed by atoms with Crippen LogP contribution in [-0.2, 0) is 11.3 Å². The van der Waals surface area contributed by atoms with Gasteiger partial charge in [0, 0.05) is 13.1 Å². The summed E-state index contributed by atoms with van der Waals surface area (Å²) in [5.41, 5.74) is 0.991. The third-order valence-corrected chi connectivity index (χ3v) is 3.63. The maximum Gasteiger partial charge on any atom is 0.239 e. The Balaban J connectivity index is 2.64. The Morgan fingerprint density at radius 3 is 2.60 bits per heavy atom. The second kappa shape index (κ2) is 7.64. The van der Waals surface area contributed by atoms with Gasteiger partial charge in [-0.05, 0) is 55.9 Å². The molecule has 0 radical (unpaired) electrons. The van der Waals surface area contributed by atoms with Crippen LogP contribution in [0.5, 0.6) is 0 Å². The topological polar surface area (TPSA) is 36.7 Å². The molecule has 4 nitrogen and oxygen atoms in total. The van der Waals surface area contributed by atoms with E-state index in [1.165, 1.54) is 0 Å². The average molecular weight is 343 g/mol. The van der Waals surface area contributed by atoms with Crippen molar-refractivity contribution in [3.63, 3.8) is 0 Å². The molecule has 1 aromatic heterocycles. The second-order valence-corrected chi connectivity index (χ2v) is 5.89. The number of likely N-dealkylation sites (N-methyl/N-ethyl adjacent to an activating group) is 2. The van der Waals surface area contributed by atoms with Crippen molar-refractivity contribution < 1.29 is 9.21 Å². The Morgan fingerprint density at radius 1 is 1.50 bits per heavy atom. The Morgan fingerprint density at radius 2 is 2.15 bits per heavy atom. The Kier molecular flexibility index (Phi) is 6.49. The summed E-state index contributed by atoms with van der Waals surface area (Å²) in [5, 5.41) is 0. The van der Waals surface area contributed by atoms with Crippen molar-refractivity contribution >= 4 is 21.8 Å². The van der Waals surface area contributed by atoms with Gasteiger partial charge in [0.05, 0.1) is 12.6 Å². The molecular formula is C15H23BrN2O2. The van der Waals surface area contributed by atoms with Crippen LogP contribution in [-0.4, -0.2) is 41.9 Å². The zero-order valence-electron chi connectivity index (χ0n) is 12.6. The lowest BCUT2D eigenvalue weighted by Crippen LogP contribution is -2.45. The first-order valence-electron chi connectivity index (χ1n) is 6.72. The number of hydrogen-bond donors (Lipinski definition) is 0. The maximum absolute atomic E-state index is 12.4. The van der Waals surface area contributed by atoms with E-state index in [1.54, 1.807) is 0 Å². The predicted molar refractivity (Wildman–Crippen MR) is 84.4 cm³/mol. The molecule has 0 N–H and O–H groups in total. The van der Waals surface area contributed by atoms with Crippen LogP contribution in [0, 0.1) is 0 Å². The number of amides is 1. The summed E-state index contributed by atoms with van der Waals surface area (Å²) in [6.07, 6.45) is 0. The quantitative estimate of drug-likeness (QED) is 0.713. The molecule has 0 spiro atoms. The summed E-state index contributed by atoms with van der Waals surface area (Å²) in [6, 6.07) is 3.57. The number of carbonyl (C=O) groups is 1. The van der Waals surface area contributed by atoms with Gasteiger partial charge < -0.3 is 9.32 Å². The fourth-order valence-electron chi connectivity index (χ4n) is 1.94. The van der Waals surface area contributed by atoms with E-state index >= 15 is 0 Å². The second-order valence-electron chi connectivity index (χ2n) is 5.11. The van der Waals surface area contributed by atoms with Crippen molar-refractivity contribution in [2.45, 2.75) is 33.4 Å². The highest BCUT2D eigenvalue weighted by atomic mass is 79.9. The van der Waals surface area contributed by atoms with Gasteiger partial charge in [-0.2, -0.15) is 0 Å². The molecule has 0 bridgehead atoms. The summed E-state index contributed by atoms with van der Waals surface area (Å²) >= 11 is 3.28.